The third-order valence-corrected chi connectivity index (χ3v) is 4.32. The lowest BCUT2D eigenvalue weighted by Gasteiger charge is -2.30. The molecule has 0 unspecified atom stereocenters. The Kier molecular flexibility index (Phi) is 6.22. The normalized spacial score (nSPS) is 11.8. The van der Waals surface area contributed by atoms with Gasteiger partial charge in [-0.15, -0.1) is 0 Å². The molecule has 2 aromatic rings. The third-order valence-electron chi connectivity index (χ3n) is 4.32. The summed E-state index contributed by atoms with van der Waals surface area (Å²) >= 11 is 0. The zero-order chi connectivity index (χ0) is 16.8. The van der Waals surface area contributed by atoms with Crippen molar-refractivity contribution in [2.75, 3.05) is 13.1 Å². The van der Waals surface area contributed by atoms with Crippen LogP contribution in [0.1, 0.15) is 39.7 Å². The van der Waals surface area contributed by atoms with Gasteiger partial charge in [0.15, 0.2) is 0 Å². The predicted molar refractivity (Wildman–Crippen MR) is 96.6 cm³/mol. The number of hydrogen-bond donors (Lipinski definition) is 2. The van der Waals surface area contributed by atoms with E-state index in [0.29, 0.717) is 25.0 Å². The Bertz CT molecular complexity index is 622. The van der Waals surface area contributed by atoms with Gasteiger partial charge >= 0.3 is 0 Å². The molecule has 2 N–H and O–H groups in total. The highest BCUT2D eigenvalue weighted by Crippen LogP contribution is 2.18. The maximum absolute atomic E-state index is 12.1. The zero-order valence-electron chi connectivity index (χ0n) is 14.7. The Balaban J connectivity index is 1.77. The first-order valence-electron chi connectivity index (χ1n) is 8.56. The summed E-state index contributed by atoms with van der Waals surface area (Å²) in [5.74, 6) is 0.128. The fourth-order valence-corrected chi connectivity index (χ4v) is 3.11. The molecule has 0 saturated carbocycles. The number of carbonyl (C=O) groups excluding carboxylic acids is 1. The first-order chi connectivity index (χ1) is 11.0. The number of benzene rings is 1. The Labute approximate surface area is 139 Å². The van der Waals surface area contributed by atoms with Gasteiger partial charge in [0, 0.05) is 48.7 Å². The summed E-state index contributed by atoms with van der Waals surface area (Å²) < 4.78 is 0. The van der Waals surface area contributed by atoms with Crippen LogP contribution in [-0.2, 0) is 11.2 Å². The van der Waals surface area contributed by atoms with E-state index in [2.05, 4.69) is 55.0 Å². The van der Waals surface area contributed by atoms with E-state index in [9.17, 15) is 4.79 Å². The van der Waals surface area contributed by atoms with Crippen LogP contribution in [0.25, 0.3) is 10.9 Å². The Morgan fingerprint density at radius 1 is 1.17 bits per heavy atom. The van der Waals surface area contributed by atoms with Gasteiger partial charge in [-0.1, -0.05) is 18.2 Å². The summed E-state index contributed by atoms with van der Waals surface area (Å²) in [7, 11) is 0. The summed E-state index contributed by atoms with van der Waals surface area (Å²) in [4.78, 5) is 17.7. The van der Waals surface area contributed by atoms with Crippen molar-refractivity contribution >= 4 is 16.8 Å². The minimum Gasteiger partial charge on any atom is -0.361 e. The number of fused-ring (bicyclic) bond motifs is 1. The average molecular weight is 315 g/mol. The molecule has 0 atom stereocenters. The van der Waals surface area contributed by atoms with Crippen molar-refractivity contribution < 1.29 is 4.79 Å². The van der Waals surface area contributed by atoms with E-state index in [0.717, 1.165) is 18.5 Å². The second-order valence-corrected chi connectivity index (χ2v) is 6.63. The van der Waals surface area contributed by atoms with Crippen molar-refractivity contribution in [3.63, 3.8) is 0 Å². The Morgan fingerprint density at radius 3 is 2.57 bits per heavy atom. The molecule has 2 rings (SSSR count). The van der Waals surface area contributed by atoms with Crippen LogP contribution < -0.4 is 5.32 Å². The number of aryl methyl sites for hydroxylation is 1. The molecule has 0 bridgehead atoms. The molecule has 1 aromatic heterocycles. The highest BCUT2D eigenvalue weighted by molar-refractivity contribution is 5.84. The molecule has 1 heterocycles. The monoisotopic (exact) mass is 315 g/mol. The molecule has 0 aliphatic rings. The van der Waals surface area contributed by atoms with Crippen molar-refractivity contribution in [1.82, 2.24) is 15.2 Å². The average Bonchev–Trinajstić information content (AvgIpc) is 2.92. The number of H-pyrrole nitrogens is 1. The first kappa shape index (κ1) is 17.5. The van der Waals surface area contributed by atoms with Crippen LogP contribution in [0.3, 0.4) is 0 Å². The summed E-state index contributed by atoms with van der Waals surface area (Å²) in [6.45, 7) is 10.4. The van der Waals surface area contributed by atoms with E-state index in [1.54, 1.807) is 0 Å². The van der Waals surface area contributed by atoms with E-state index >= 15 is 0 Å². The molecule has 126 valence electrons. The minimum absolute atomic E-state index is 0.128. The van der Waals surface area contributed by atoms with Crippen LogP contribution in [0, 0.1) is 0 Å². The maximum atomic E-state index is 12.1. The number of rotatable bonds is 8. The Morgan fingerprint density at radius 2 is 1.87 bits per heavy atom. The molecule has 4 nitrogen and oxygen atoms in total. The largest absolute Gasteiger partial charge is 0.361 e. The van der Waals surface area contributed by atoms with Gasteiger partial charge in [0.05, 0.1) is 0 Å². The quantitative estimate of drug-likeness (QED) is 0.785. The fraction of sp³-hybridized carbons (Fsp3) is 0.526. The first-order valence-corrected chi connectivity index (χ1v) is 8.56. The van der Waals surface area contributed by atoms with Gasteiger partial charge in [-0.3, -0.25) is 9.69 Å². The van der Waals surface area contributed by atoms with Crippen LogP contribution in [0.4, 0.5) is 0 Å². The van der Waals surface area contributed by atoms with Gasteiger partial charge in [-0.05, 0) is 45.7 Å². The van der Waals surface area contributed by atoms with Crippen molar-refractivity contribution in [3.05, 3.63) is 36.0 Å². The predicted octanol–water partition coefficient (Wildman–Crippen LogP) is 3.34. The van der Waals surface area contributed by atoms with Gasteiger partial charge in [-0.25, -0.2) is 0 Å². The molecule has 0 radical (unpaired) electrons. The lowest BCUT2D eigenvalue weighted by atomic mass is 10.1. The highest BCUT2D eigenvalue weighted by Gasteiger charge is 2.13. The van der Waals surface area contributed by atoms with Crippen LogP contribution in [-0.4, -0.2) is 41.0 Å². The molecule has 1 aromatic carbocycles. The van der Waals surface area contributed by atoms with E-state index < -0.39 is 0 Å². The number of para-hydroxylation sites is 1. The van der Waals surface area contributed by atoms with Crippen LogP contribution in [0.15, 0.2) is 30.5 Å². The molecular formula is C19H29N3O. The molecule has 4 heteroatoms. The van der Waals surface area contributed by atoms with Gasteiger partial charge in [0.2, 0.25) is 5.91 Å². The Hall–Kier alpha value is -1.81. The number of amides is 1. The van der Waals surface area contributed by atoms with Crippen molar-refractivity contribution in [2.24, 2.45) is 0 Å². The lowest BCUT2D eigenvalue weighted by molar-refractivity contribution is -0.121. The second kappa shape index (κ2) is 8.16. The third kappa shape index (κ3) is 4.83. The molecule has 0 aliphatic carbocycles. The van der Waals surface area contributed by atoms with Gasteiger partial charge in [-0.2, -0.15) is 0 Å². The molecule has 0 aliphatic heterocycles. The maximum Gasteiger partial charge on any atom is 0.220 e. The van der Waals surface area contributed by atoms with E-state index in [1.807, 2.05) is 18.3 Å². The molecule has 23 heavy (non-hydrogen) atoms. The van der Waals surface area contributed by atoms with Gasteiger partial charge in [0.25, 0.3) is 0 Å². The number of aromatic amines is 1. The smallest absolute Gasteiger partial charge is 0.220 e. The minimum atomic E-state index is 0.128. The van der Waals surface area contributed by atoms with Crippen molar-refractivity contribution in [3.8, 4) is 0 Å². The molecule has 1 amide bonds. The standard InChI is InChI=1S/C19H29N3O/c1-14(2)22(15(3)4)12-11-20-19(23)10-9-16-13-21-18-8-6-5-7-17(16)18/h5-8,13-15,21H,9-12H2,1-4H3,(H,20,23). The number of nitrogens with zero attached hydrogens (tertiary/aromatic N) is 1. The highest BCUT2D eigenvalue weighted by atomic mass is 16.1. The molecular weight excluding hydrogens is 286 g/mol. The lowest BCUT2D eigenvalue weighted by Crippen LogP contribution is -2.42. The summed E-state index contributed by atoms with van der Waals surface area (Å²) in [5.41, 5.74) is 2.34. The number of nitrogens with one attached hydrogen (secondary N) is 2. The van der Waals surface area contributed by atoms with Crippen LogP contribution in [0.5, 0.6) is 0 Å². The van der Waals surface area contributed by atoms with E-state index in [1.165, 1.54) is 10.9 Å². The summed E-state index contributed by atoms with van der Waals surface area (Å²) in [5, 5.41) is 4.26. The molecule has 0 fully saturated rings. The van der Waals surface area contributed by atoms with Crippen molar-refractivity contribution in [2.45, 2.75) is 52.6 Å². The van der Waals surface area contributed by atoms with E-state index in [4.69, 9.17) is 0 Å². The zero-order valence-corrected chi connectivity index (χ0v) is 14.7. The van der Waals surface area contributed by atoms with Crippen LogP contribution in [0.2, 0.25) is 0 Å². The van der Waals surface area contributed by atoms with Crippen LogP contribution >= 0.6 is 0 Å². The van der Waals surface area contributed by atoms with Crippen molar-refractivity contribution in [1.29, 1.82) is 0 Å². The topological polar surface area (TPSA) is 48.1 Å². The van der Waals surface area contributed by atoms with Gasteiger partial charge in [0.1, 0.15) is 0 Å². The van der Waals surface area contributed by atoms with Gasteiger partial charge < -0.3 is 10.3 Å². The SMILES string of the molecule is CC(C)N(CCNC(=O)CCc1c[nH]c2ccccc12)C(C)C. The number of carbonyl (C=O) groups is 1. The fourth-order valence-electron chi connectivity index (χ4n) is 3.11. The summed E-state index contributed by atoms with van der Waals surface area (Å²) in [6.07, 6.45) is 3.32. The number of hydrogen-bond acceptors (Lipinski definition) is 2. The molecule has 0 spiro atoms. The second-order valence-electron chi connectivity index (χ2n) is 6.63. The number of aromatic nitrogens is 1. The van der Waals surface area contributed by atoms with E-state index in [-0.39, 0.29) is 5.91 Å². The summed E-state index contributed by atoms with van der Waals surface area (Å²) in [6, 6.07) is 9.21. The molecule has 0 saturated heterocycles.